The van der Waals surface area contributed by atoms with Gasteiger partial charge in [0.1, 0.15) is 0 Å². The van der Waals surface area contributed by atoms with Gasteiger partial charge in [0.05, 0.1) is 24.0 Å². The van der Waals surface area contributed by atoms with Crippen LogP contribution in [0.25, 0.3) is 0 Å². The Hall–Kier alpha value is -1.09. The van der Waals surface area contributed by atoms with Crippen molar-refractivity contribution in [1.29, 1.82) is 5.26 Å². The van der Waals surface area contributed by atoms with E-state index in [1.165, 1.54) is 0 Å². The fraction of sp³-hybridized carbons (Fsp3) is 0.778. The van der Waals surface area contributed by atoms with Gasteiger partial charge in [0.25, 0.3) is 0 Å². The molecule has 0 spiro atoms. The van der Waals surface area contributed by atoms with E-state index >= 15 is 0 Å². The van der Waals surface area contributed by atoms with Crippen LogP contribution < -0.4 is 0 Å². The Morgan fingerprint density at radius 1 is 1.47 bits per heavy atom. The van der Waals surface area contributed by atoms with Gasteiger partial charge in [0, 0.05) is 6.42 Å². The van der Waals surface area contributed by atoms with E-state index in [0.29, 0.717) is 0 Å². The van der Waals surface area contributed by atoms with E-state index in [1.807, 2.05) is 6.07 Å². The average molecular weight is 231 g/mol. The fourth-order valence-electron chi connectivity index (χ4n) is 1.50. The van der Waals surface area contributed by atoms with Gasteiger partial charge in [-0.1, -0.05) is 0 Å². The fourth-order valence-corrected chi connectivity index (χ4v) is 3.45. The Morgan fingerprint density at radius 3 is 2.47 bits per heavy atom. The van der Waals surface area contributed by atoms with Gasteiger partial charge >= 0.3 is 5.97 Å². The Balaban J connectivity index is 2.50. The Labute approximate surface area is 88.6 Å². The lowest BCUT2D eigenvalue weighted by molar-refractivity contribution is -0.136. The van der Waals surface area contributed by atoms with Gasteiger partial charge in [-0.05, 0) is 18.3 Å². The first-order valence-electron chi connectivity index (χ1n) is 4.68. The summed E-state index contributed by atoms with van der Waals surface area (Å²) in [5.74, 6) is -1.47. The molecule has 0 aromatic heterocycles. The van der Waals surface area contributed by atoms with Crippen LogP contribution in [0.15, 0.2) is 0 Å². The summed E-state index contributed by atoms with van der Waals surface area (Å²) in [6.45, 7) is 0. The maximum Gasteiger partial charge on any atom is 0.304 e. The first-order valence-corrected chi connectivity index (χ1v) is 6.50. The Bertz CT molecular complexity index is 389. The van der Waals surface area contributed by atoms with Crippen LogP contribution in [-0.2, 0) is 14.6 Å². The predicted octanol–water partition coefficient (Wildman–Crippen LogP) is 0.570. The van der Waals surface area contributed by atoms with E-state index in [2.05, 4.69) is 0 Å². The highest BCUT2D eigenvalue weighted by atomic mass is 32.2. The minimum absolute atomic E-state index is 0.0408. The van der Waals surface area contributed by atoms with Crippen molar-refractivity contribution in [2.24, 2.45) is 5.41 Å². The number of sulfone groups is 1. The van der Waals surface area contributed by atoms with Crippen molar-refractivity contribution in [2.75, 3.05) is 11.5 Å². The van der Waals surface area contributed by atoms with Crippen molar-refractivity contribution in [3.05, 3.63) is 0 Å². The molecular formula is C9H13NO4S. The lowest BCUT2D eigenvalue weighted by Crippen LogP contribution is -2.21. The summed E-state index contributed by atoms with van der Waals surface area (Å²) in [6.07, 6.45) is 1.41. The van der Waals surface area contributed by atoms with Crippen LogP contribution in [0.5, 0.6) is 0 Å². The molecule has 15 heavy (non-hydrogen) atoms. The zero-order chi connectivity index (χ0) is 11.5. The number of carboxylic acids is 1. The second kappa shape index (κ2) is 4.19. The molecule has 0 unspecified atom stereocenters. The van der Waals surface area contributed by atoms with Gasteiger partial charge in [-0.15, -0.1) is 0 Å². The lowest BCUT2D eigenvalue weighted by atomic mass is 10.1. The van der Waals surface area contributed by atoms with Gasteiger partial charge in [0.15, 0.2) is 9.84 Å². The highest BCUT2D eigenvalue weighted by Gasteiger charge is 2.45. The first-order chi connectivity index (χ1) is 6.89. The zero-order valence-electron chi connectivity index (χ0n) is 8.27. The van der Waals surface area contributed by atoms with Crippen molar-refractivity contribution in [3.8, 4) is 6.07 Å². The maximum absolute atomic E-state index is 11.5. The zero-order valence-corrected chi connectivity index (χ0v) is 9.09. The molecule has 1 fully saturated rings. The highest BCUT2D eigenvalue weighted by molar-refractivity contribution is 7.91. The van der Waals surface area contributed by atoms with Gasteiger partial charge in [-0.25, -0.2) is 8.42 Å². The summed E-state index contributed by atoms with van der Waals surface area (Å²) in [7, 11) is -3.33. The van der Waals surface area contributed by atoms with Crippen LogP contribution in [0.1, 0.15) is 25.7 Å². The first kappa shape index (κ1) is 12.0. The van der Waals surface area contributed by atoms with Crippen molar-refractivity contribution in [1.82, 2.24) is 0 Å². The van der Waals surface area contributed by atoms with Crippen molar-refractivity contribution in [3.63, 3.8) is 0 Å². The number of hydrogen-bond acceptors (Lipinski definition) is 4. The molecule has 1 saturated carbocycles. The molecule has 6 heteroatoms. The molecule has 0 radical (unpaired) electrons. The number of hydrogen-bond donors (Lipinski definition) is 1. The second-order valence-electron chi connectivity index (χ2n) is 4.07. The topological polar surface area (TPSA) is 95.2 Å². The van der Waals surface area contributed by atoms with Crippen molar-refractivity contribution >= 4 is 15.8 Å². The van der Waals surface area contributed by atoms with Gasteiger partial charge in [-0.2, -0.15) is 5.26 Å². The van der Waals surface area contributed by atoms with Gasteiger partial charge in [0.2, 0.25) is 0 Å². The van der Waals surface area contributed by atoms with E-state index in [1.54, 1.807) is 0 Å². The monoisotopic (exact) mass is 231 g/mol. The van der Waals surface area contributed by atoms with Crippen molar-refractivity contribution < 1.29 is 18.3 Å². The largest absolute Gasteiger partial charge is 0.481 e. The molecule has 0 aliphatic heterocycles. The second-order valence-corrected chi connectivity index (χ2v) is 6.25. The van der Waals surface area contributed by atoms with Gasteiger partial charge < -0.3 is 5.11 Å². The van der Waals surface area contributed by atoms with Gasteiger partial charge in [-0.3, -0.25) is 4.79 Å². The third kappa shape index (κ3) is 3.88. The minimum Gasteiger partial charge on any atom is -0.481 e. The minimum atomic E-state index is -3.33. The Kier molecular flexibility index (Phi) is 3.35. The molecule has 5 nitrogen and oxygen atoms in total. The number of aliphatic carboxylic acids is 1. The molecule has 1 N–H and O–H groups in total. The SMILES string of the molecule is N#CCC1(CS(=O)(=O)CCC(=O)O)CC1. The normalized spacial score (nSPS) is 18.1. The van der Waals surface area contributed by atoms with E-state index < -0.39 is 15.8 Å². The molecule has 0 atom stereocenters. The molecule has 84 valence electrons. The number of rotatable bonds is 6. The summed E-state index contributed by atoms with van der Waals surface area (Å²) in [6, 6.07) is 1.98. The molecule has 0 aromatic rings. The lowest BCUT2D eigenvalue weighted by Gasteiger charge is -2.10. The summed E-state index contributed by atoms with van der Waals surface area (Å²) < 4.78 is 23.0. The number of carbonyl (C=O) groups is 1. The summed E-state index contributed by atoms with van der Waals surface area (Å²) in [5.41, 5.74) is -0.369. The quantitative estimate of drug-likeness (QED) is 0.721. The molecule has 1 aliphatic carbocycles. The van der Waals surface area contributed by atoms with E-state index in [0.717, 1.165) is 12.8 Å². The number of nitriles is 1. The third-order valence-electron chi connectivity index (χ3n) is 2.56. The molecule has 0 saturated heterocycles. The summed E-state index contributed by atoms with van der Waals surface area (Å²) in [5, 5.41) is 16.9. The van der Waals surface area contributed by atoms with Crippen LogP contribution in [0.4, 0.5) is 0 Å². The Morgan fingerprint density at radius 2 is 2.07 bits per heavy atom. The highest BCUT2D eigenvalue weighted by Crippen LogP contribution is 2.49. The molecule has 0 heterocycles. The predicted molar refractivity (Wildman–Crippen MR) is 52.8 cm³/mol. The average Bonchev–Trinajstić information content (AvgIpc) is 2.81. The molecule has 0 aromatic carbocycles. The van der Waals surface area contributed by atoms with Crippen LogP contribution >= 0.6 is 0 Å². The number of nitrogens with zero attached hydrogens (tertiary/aromatic N) is 1. The smallest absolute Gasteiger partial charge is 0.304 e. The summed E-state index contributed by atoms with van der Waals surface area (Å²) >= 11 is 0. The van der Waals surface area contributed by atoms with Crippen LogP contribution in [0, 0.1) is 16.7 Å². The number of carboxylic acid groups (broad SMARTS) is 1. The molecular weight excluding hydrogens is 218 g/mol. The van der Waals surface area contributed by atoms with E-state index in [9.17, 15) is 13.2 Å². The van der Waals surface area contributed by atoms with Crippen LogP contribution in [-0.4, -0.2) is 31.0 Å². The molecule has 0 amide bonds. The molecule has 1 rings (SSSR count). The van der Waals surface area contributed by atoms with Crippen molar-refractivity contribution in [2.45, 2.75) is 25.7 Å². The van der Waals surface area contributed by atoms with E-state index in [-0.39, 0.29) is 29.8 Å². The molecule has 0 bridgehead atoms. The van der Waals surface area contributed by atoms with Crippen LogP contribution in [0.2, 0.25) is 0 Å². The summed E-state index contributed by atoms with van der Waals surface area (Å²) in [4.78, 5) is 10.2. The standard InChI is InChI=1S/C9H13NO4S/c10-5-4-9(2-3-9)7-15(13,14)6-1-8(11)12/h1-4,6-7H2,(H,11,12). The van der Waals surface area contributed by atoms with E-state index in [4.69, 9.17) is 10.4 Å². The third-order valence-corrected chi connectivity index (χ3v) is 4.44. The molecule has 1 aliphatic rings. The van der Waals surface area contributed by atoms with Crippen LogP contribution in [0.3, 0.4) is 0 Å². The maximum atomic E-state index is 11.5.